The van der Waals surface area contributed by atoms with Crippen LogP contribution in [-0.2, 0) is 4.79 Å². The second-order valence-corrected chi connectivity index (χ2v) is 8.56. The van der Waals surface area contributed by atoms with Crippen molar-refractivity contribution in [2.45, 2.75) is 63.5 Å². The van der Waals surface area contributed by atoms with Gasteiger partial charge in [-0.05, 0) is 62.8 Å². The Hall–Kier alpha value is -2.27. The lowest BCUT2D eigenvalue weighted by atomic mass is 9.72. The van der Waals surface area contributed by atoms with Gasteiger partial charge in [-0.1, -0.05) is 6.92 Å². The summed E-state index contributed by atoms with van der Waals surface area (Å²) in [4.78, 5) is 27.5. The van der Waals surface area contributed by atoms with Crippen molar-refractivity contribution in [1.29, 1.82) is 0 Å². The number of carbonyl (C=O) groups excluding carboxylic acids is 1. The number of carbonyl (C=O) groups is 1. The second kappa shape index (κ2) is 6.96. The molecule has 3 unspecified atom stereocenters. The van der Waals surface area contributed by atoms with Gasteiger partial charge in [-0.3, -0.25) is 14.7 Å². The maximum atomic E-state index is 12.7. The standard InChI is InChI=1S/C23H28N4O/c1-3-21(28)17-7-4-14(12-20(17)27(2)15-5-6-15)16-8-10-24-19-13-26-23-18(22(16)19)9-11-25-23/h8-11,13-15,17,20H,3-7,12H2,1-2H3,(H,25,26). The van der Waals surface area contributed by atoms with Gasteiger partial charge >= 0.3 is 0 Å². The first-order chi connectivity index (χ1) is 13.7. The third kappa shape index (κ3) is 2.93. The van der Waals surface area contributed by atoms with Gasteiger partial charge in [-0.15, -0.1) is 0 Å². The van der Waals surface area contributed by atoms with E-state index in [2.05, 4.69) is 39.0 Å². The van der Waals surface area contributed by atoms with E-state index in [9.17, 15) is 4.79 Å². The van der Waals surface area contributed by atoms with Gasteiger partial charge in [0.1, 0.15) is 11.4 Å². The van der Waals surface area contributed by atoms with E-state index in [0.29, 0.717) is 30.2 Å². The monoisotopic (exact) mass is 376 g/mol. The second-order valence-electron chi connectivity index (χ2n) is 8.56. The molecule has 2 saturated carbocycles. The molecule has 3 aromatic heterocycles. The van der Waals surface area contributed by atoms with Gasteiger partial charge < -0.3 is 4.98 Å². The average molecular weight is 377 g/mol. The van der Waals surface area contributed by atoms with E-state index in [1.54, 1.807) is 0 Å². The Kier molecular flexibility index (Phi) is 4.43. The Morgan fingerprint density at radius 2 is 2.07 bits per heavy atom. The molecular weight excluding hydrogens is 348 g/mol. The van der Waals surface area contributed by atoms with Crippen molar-refractivity contribution in [3.63, 3.8) is 0 Å². The molecule has 3 atom stereocenters. The summed E-state index contributed by atoms with van der Waals surface area (Å²) in [5.41, 5.74) is 3.25. The zero-order valence-electron chi connectivity index (χ0n) is 16.7. The predicted molar refractivity (Wildman–Crippen MR) is 111 cm³/mol. The Balaban J connectivity index is 1.55. The molecule has 0 amide bonds. The largest absolute Gasteiger partial charge is 0.346 e. The number of pyridine rings is 2. The SMILES string of the molecule is CCC(=O)C1CCC(c2ccnc3cnc4[nH]ccc4c23)CC1N(C)C1CC1. The number of H-pyrrole nitrogens is 1. The van der Waals surface area contributed by atoms with Crippen LogP contribution in [0.15, 0.2) is 30.7 Å². The van der Waals surface area contributed by atoms with Crippen LogP contribution in [0, 0.1) is 5.92 Å². The van der Waals surface area contributed by atoms with Crippen LogP contribution in [0.3, 0.4) is 0 Å². The molecule has 5 heteroatoms. The van der Waals surface area contributed by atoms with Crippen LogP contribution in [0.2, 0.25) is 0 Å². The summed E-state index contributed by atoms with van der Waals surface area (Å²) in [6.07, 6.45) is 12.1. The maximum Gasteiger partial charge on any atom is 0.137 e. The Labute approximate surface area is 165 Å². The molecule has 28 heavy (non-hydrogen) atoms. The Morgan fingerprint density at radius 1 is 1.21 bits per heavy atom. The van der Waals surface area contributed by atoms with Crippen LogP contribution in [0.1, 0.15) is 56.9 Å². The molecule has 1 N–H and O–H groups in total. The number of fused-ring (bicyclic) bond motifs is 3. The number of Topliss-reactive ketones (excluding diaryl/α,β-unsaturated/α-hetero) is 1. The number of ketones is 1. The normalized spacial score (nSPS) is 25.6. The number of hydrogen-bond donors (Lipinski definition) is 1. The summed E-state index contributed by atoms with van der Waals surface area (Å²) in [5.74, 6) is 1.08. The van der Waals surface area contributed by atoms with E-state index in [1.165, 1.54) is 23.8 Å². The highest BCUT2D eigenvalue weighted by atomic mass is 16.1. The van der Waals surface area contributed by atoms with E-state index < -0.39 is 0 Å². The quantitative estimate of drug-likeness (QED) is 0.715. The van der Waals surface area contributed by atoms with Crippen LogP contribution in [0.5, 0.6) is 0 Å². The van der Waals surface area contributed by atoms with E-state index in [-0.39, 0.29) is 5.92 Å². The van der Waals surface area contributed by atoms with Crippen molar-refractivity contribution in [3.05, 3.63) is 36.3 Å². The van der Waals surface area contributed by atoms with Crippen LogP contribution in [-0.4, -0.2) is 44.8 Å². The molecule has 0 saturated heterocycles. The highest BCUT2D eigenvalue weighted by Crippen LogP contribution is 2.44. The molecule has 0 aromatic carbocycles. The molecule has 3 heterocycles. The molecular formula is C23H28N4O. The van der Waals surface area contributed by atoms with E-state index >= 15 is 0 Å². The van der Waals surface area contributed by atoms with Crippen LogP contribution in [0.4, 0.5) is 0 Å². The van der Waals surface area contributed by atoms with E-state index in [0.717, 1.165) is 35.8 Å². The number of aromatic nitrogens is 3. The van der Waals surface area contributed by atoms with Crippen molar-refractivity contribution < 1.29 is 4.79 Å². The van der Waals surface area contributed by atoms with Gasteiger partial charge in [-0.25, -0.2) is 4.98 Å². The first-order valence-electron chi connectivity index (χ1n) is 10.6. The highest BCUT2D eigenvalue weighted by Gasteiger charge is 2.41. The lowest BCUT2D eigenvalue weighted by Crippen LogP contribution is -2.46. The fourth-order valence-electron chi connectivity index (χ4n) is 5.29. The van der Waals surface area contributed by atoms with Crippen molar-refractivity contribution >= 4 is 27.7 Å². The molecule has 0 bridgehead atoms. The molecule has 2 fully saturated rings. The number of hydrogen-bond acceptors (Lipinski definition) is 4. The van der Waals surface area contributed by atoms with Gasteiger partial charge in [0.2, 0.25) is 0 Å². The van der Waals surface area contributed by atoms with Crippen LogP contribution >= 0.6 is 0 Å². The minimum atomic E-state index is 0.189. The minimum absolute atomic E-state index is 0.189. The number of nitrogens with zero attached hydrogens (tertiary/aromatic N) is 3. The third-order valence-electron chi connectivity index (χ3n) is 6.99. The summed E-state index contributed by atoms with van der Waals surface area (Å²) in [6.45, 7) is 2.01. The summed E-state index contributed by atoms with van der Waals surface area (Å²) in [6, 6.07) is 5.32. The maximum absolute atomic E-state index is 12.7. The summed E-state index contributed by atoms with van der Waals surface area (Å²) >= 11 is 0. The van der Waals surface area contributed by atoms with Crippen molar-refractivity contribution in [2.24, 2.45) is 5.92 Å². The van der Waals surface area contributed by atoms with Gasteiger partial charge in [0.25, 0.3) is 0 Å². The summed E-state index contributed by atoms with van der Waals surface area (Å²) in [5, 5.41) is 2.38. The smallest absolute Gasteiger partial charge is 0.137 e. The molecule has 5 nitrogen and oxygen atoms in total. The van der Waals surface area contributed by atoms with Gasteiger partial charge in [0, 0.05) is 47.6 Å². The summed E-state index contributed by atoms with van der Waals surface area (Å²) in [7, 11) is 2.24. The van der Waals surface area contributed by atoms with Crippen molar-refractivity contribution in [1.82, 2.24) is 19.9 Å². The average Bonchev–Trinajstić information content (AvgIpc) is 3.48. The minimum Gasteiger partial charge on any atom is -0.346 e. The van der Waals surface area contributed by atoms with E-state index in [1.807, 2.05) is 25.5 Å². The molecule has 2 aliphatic rings. The first-order valence-corrected chi connectivity index (χ1v) is 10.6. The fourth-order valence-corrected chi connectivity index (χ4v) is 5.29. The van der Waals surface area contributed by atoms with Crippen molar-refractivity contribution in [2.75, 3.05) is 7.05 Å². The third-order valence-corrected chi connectivity index (χ3v) is 6.99. The fraction of sp³-hybridized carbons (Fsp3) is 0.522. The number of aromatic amines is 1. The number of rotatable bonds is 5. The lowest BCUT2D eigenvalue weighted by molar-refractivity contribution is -0.126. The molecule has 0 spiro atoms. The van der Waals surface area contributed by atoms with Gasteiger partial charge in [-0.2, -0.15) is 0 Å². The van der Waals surface area contributed by atoms with Crippen LogP contribution < -0.4 is 0 Å². The Morgan fingerprint density at radius 3 is 2.86 bits per heavy atom. The number of nitrogens with one attached hydrogen (secondary N) is 1. The molecule has 0 aliphatic heterocycles. The molecule has 3 aromatic rings. The van der Waals surface area contributed by atoms with E-state index in [4.69, 9.17) is 0 Å². The van der Waals surface area contributed by atoms with Crippen molar-refractivity contribution in [3.8, 4) is 0 Å². The van der Waals surface area contributed by atoms with Gasteiger partial charge in [0.05, 0.1) is 11.7 Å². The highest BCUT2D eigenvalue weighted by molar-refractivity contribution is 6.05. The zero-order valence-corrected chi connectivity index (χ0v) is 16.7. The Bertz CT molecular complexity index is 1020. The van der Waals surface area contributed by atoms with Gasteiger partial charge in [0.15, 0.2) is 0 Å². The van der Waals surface area contributed by atoms with Crippen LogP contribution in [0.25, 0.3) is 21.9 Å². The molecule has 0 radical (unpaired) electrons. The molecule has 146 valence electrons. The molecule has 5 rings (SSSR count). The summed E-state index contributed by atoms with van der Waals surface area (Å²) < 4.78 is 0. The first kappa shape index (κ1) is 17.8. The topological polar surface area (TPSA) is 61.9 Å². The lowest BCUT2D eigenvalue weighted by Gasteiger charge is -2.41. The molecule has 2 aliphatic carbocycles. The predicted octanol–water partition coefficient (Wildman–Crippen LogP) is 4.44. The zero-order chi connectivity index (χ0) is 19.3.